The number of aromatic nitrogens is 2. The lowest BCUT2D eigenvalue weighted by molar-refractivity contribution is 0.0939. The maximum absolute atomic E-state index is 12.6. The number of carbonyl (C=O) groups excluding carboxylic acids is 1. The number of nitrogens with zero attached hydrogens (tertiary/aromatic N) is 2. The lowest BCUT2D eigenvalue weighted by atomic mass is 10.0. The quantitative estimate of drug-likeness (QED) is 0.758. The summed E-state index contributed by atoms with van der Waals surface area (Å²) in [6, 6.07) is 15.1. The summed E-state index contributed by atoms with van der Waals surface area (Å²) in [6.07, 6.45) is 1.76. The predicted molar refractivity (Wildman–Crippen MR) is 102 cm³/mol. The standard InChI is InChI=1S/C21H23N3O2/c1-14-5-10-20(26-4)19(13-14)16(3)23-21(25)17-6-8-18(9-7-17)24-15(2)11-12-22-24/h5-13,16H,1-4H3,(H,23,25)/t16-/m0/s1. The molecule has 0 bridgehead atoms. The molecule has 5 heteroatoms. The number of carbonyl (C=O) groups is 1. The van der Waals surface area contributed by atoms with Gasteiger partial charge < -0.3 is 10.1 Å². The van der Waals surface area contributed by atoms with Crippen LogP contribution in [0.2, 0.25) is 0 Å². The lowest BCUT2D eigenvalue weighted by Crippen LogP contribution is -2.27. The zero-order chi connectivity index (χ0) is 18.7. The molecule has 1 atom stereocenters. The van der Waals surface area contributed by atoms with Gasteiger partial charge in [-0.15, -0.1) is 0 Å². The number of methoxy groups -OCH3 is 1. The number of amides is 1. The van der Waals surface area contributed by atoms with Crippen LogP contribution in [-0.2, 0) is 0 Å². The first-order valence-electron chi connectivity index (χ1n) is 8.56. The summed E-state index contributed by atoms with van der Waals surface area (Å²) >= 11 is 0. The van der Waals surface area contributed by atoms with Crippen molar-refractivity contribution in [2.45, 2.75) is 26.8 Å². The Kier molecular flexibility index (Phi) is 5.07. The molecule has 0 saturated heterocycles. The molecule has 2 aromatic carbocycles. The Hall–Kier alpha value is -3.08. The predicted octanol–water partition coefficient (Wildman–Crippen LogP) is 3.99. The number of benzene rings is 2. The van der Waals surface area contributed by atoms with E-state index in [4.69, 9.17) is 4.74 Å². The zero-order valence-electron chi connectivity index (χ0n) is 15.5. The molecule has 26 heavy (non-hydrogen) atoms. The second-order valence-corrected chi connectivity index (χ2v) is 6.37. The summed E-state index contributed by atoms with van der Waals surface area (Å²) in [5.41, 5.74) is 4.67. The van der Waals surface area contributed by atoms with Crippen LogP contribution in [0, 0.1) is 13.8 Å². The van der Waals surface area contributed by atoms with Gasteiger partial charge in [-0.3, -0.25) is 4.79 Å². The molecule has 1 heterocycles. The molecular weight excluding hydrogens is 326 g/mol. The molecule has 0 saturated carbocycles. The second kappa shape index (κ2) is 7.44. The first-order chi connectivity index (χ1) is 12.5. The fraction of sp³-hybridized carbons (Fsp3) is 0.238. The van der Waals surface area contributed by atoms with Crippen molar-refractivity contribution < 1.29 is 9.53 Å². The molecule has 0 spiro atoms. The van der Waals surface area contributed by atoms with Gasteiger partial charge in [0.2, 0.25) is 0 Å². The first kappa shape index (κ1) is 17.7. The van der Waals surface area contributed by atoms with E-state index in [2.05, 4.69) is 10.4 Å². The van der Waals surface area contributed by atoms with Crippen LogP contribution >= 0.6 is 0 Å². The normalized spacial score (nSPS) is 11.8. The van der Waals surface area contributed by atoms with Gasteiger partial charge in [0.05, 0.1) is 18.8 Å². The topological polar surface area (TPSA) is 56.1 Å². The highest BCUT2D eigenvalue weighted by atomic mass is 16.5. The molecule has 0 aliphatic heterocycles. The molecule has 3 rings (SSSR count). The molecule has 1 amide bonds. The number of hydrogen-bond donors (Lipinski definition) is 1. The highest BCUT2D eigenvalue weighted by Crippen LogP contribution is 2.26. The van der Waals surface area contributed by atoms with Crippen molar-refractivity contribution in [2.24, 2.45) is 0 Å². The fourth-order valence-electron chi connectivity index (χ4n) is 2.94. The van der Waals surface area contributed by atoms with E-state index >= 15 is 0 Å². The van der Waals surface area contributed by atoms with Crippen molar-refractivity contribution in [1.29, 1.82) is 0 Å². The minimum absolute atomic E-state index is 0.121. The van der Waals surface area contributed by atoms with E-state index in [1.807, 2.05) is 74.0 Å². The average molecular weight is 349 g/mol. The SMILES string of the molecule is COc1ccc(C)cc1[C@H](C)NC(=O)c1ccc(-n2nccc2C)cc1. The molecule has 0 aliphatic rings. The fourth-order valence-corrected chi connectivity index (χ4v) is 2.94. The number of aryl methyl sites for hydroxylation is 2. The van der Waals surface area contributed by atoms with E-state index < -0.39 is 0 Å². The van der Waals surface area contributed by atoms with E-state index in [0.29, 0.717) is 5.56 Å². The smallest absolute Gasteiger partial charge is 0.251 e. The van der Waals surface area contributed by atoms with Crippen LogP contribution in [0.5, 0.6) is 5.75 Å². The Bertz CT molecular complexity index is 913. The molecule has 0 aliphatic carbocycles. The van der Waals surface area contributed by atoms with E-state index in [0.717, 1.165) is 28.3 Å². The molecule has 5 nitrogen and oxygen atoms in total. The largest absolute Gasteiger partial charge is 0.496 e. The molecule has 0 fully saturated rings. The van der Waals surface area contributed by atoms with Crippen LogP contribution in [-0.4, -0.2) is 22.8 Å². The van der Waals surface area contributed by atoms with Crippen molar-refractivity contribution in [3.63, 3.8) is 0 Å². The summed E-state index contributed by atoms with van der Waals surface area (Å²) in [7, 11) is 1.64. The number of hydrogen-bond acceptors (Lipinski definition) is 3. The van der Waals surface area contributed by atoms with Crippen LogP contribution in [0.25, 0.3) is 5.69 Å². The molecule has 3 aromatic rings. The Morgan fingerprint density at radius 3 is 2.46 bits per heavy atom. The van der Waals surface area contributed by atoms with E-state index in [9.17, 15) is 4.79 Å². The zero-order valence-corrected chi connectivity index (χ0v) is 15.5. The Morgan fingerprint density at radius 1 is 1.12 bits per heavy atom. The van der Waals surface area contributed by atoms with Gasteiger partial charge in [0, 0.05) is 23.0 Å². The van der Waals surface area contributed by atoms with Gasteiger partial charge in [-0.2, -0.15) is 5.10 Å². The maximum atomic E-state index is 12.6. The van der Waals surface area contributed by atoms with Crippen LogP contribution in [0.3, 0.4) is 0 Å². The van der Waals surface area contributed by atoms with Crippen molar-refractivity contribution >= 4 is 5.91 Å². The summed E-state index contributed by atoms with van der Waals surface area (Å²) in [5, 5.41) is 7.32. The van der Waals surface area contributed by atoms with Crippen molar-refractivity contribution in [1.82, 2.24) is 15.1 Å². The lowest BCUT2D eigenvalue weighted by Gasteiger charge is -2.18. The van der Waals surface area contributed by atoms with E-state index in [-0.39, 0.29) is 11.9 Å². The summed E-state index contributed by atoms with van der Waals surface area (Å²) in [5.74, 6) is 0.651. The Labute approximate surface area is 153 Å². The molecule has 1 N–H and O–H groups in total. The van der Waals surface area contributed by atoms with Crippen molar-refractivity contribution in [2.75, 3.05) is 7.11 Å². The molecule has 134 valence electrons. The number of ether oxygens (including phenoxy) is 1. The maximum Gasteiger partial charge on any atom is 0.251 e. The summed E-state index contributed by atoms with van der Waals surface area (Å²) in [6.45, 7) is 5.97. The number of rotatable bonds is 5. The van der Waals surface area contributed by atoms with Crippen LogP contribution in [0.15, 0.2) is 54.7 Å². The third-order valence-corrected chi connectivity index (χ3v) is 4.41. The molecular formula is C21H23N3O2. The third kappa shape index (κ3) is 3.61. The summed E-state index contributed by atoms with van der Waals surface area (Å²) < 4.78 is 7.25. The molecule has 0 radical (unpaired) electrons. The Balaban J connectivity index is 1.76. The van der Waals surface area contributed by atoms with Crippen molar-refractivity contribution in [3.05, 3.63) is 77.1 Å². The summed E-state index contributed by atoms with van der Waals surface area (Å²) in [4.78, 5) is 12.6. The first-order valence-corrected chi connectivity index (χ1v) is 8.56. The van der Waals surface area contributed by atoms with Gasteiger partial charge in [-0.1, -0.05) is 17.7 Å². The van der Waals surface area contributed by atoms with Gasteiger partial charge >= 0.3 is 0 Å². The highest BCUT2D eigenvalue weighted by Gasteiger charge is 2.15. The van der Waals surface area contributed by atoms with E-state index in [1.54, 1.807) is 13.3 Å². The Morgan fingerprint density at radius 2 is 1.85 bits per heavy atom. The molecule has 1 aromatic heterocycles. The van der Waals surface area contributed by atoms with Gasteiger partial charge in [0.15, 0.2) is 0 Å². The van der Waals surface area contributed by atoms with Crippen molar-refractivity contribution in [3.8, 4) is 11.4 Å². The van der Waals surface area contributed by atoms with Gasteiger partial charge in [-0.05, 0) is 57.2 Å². The van der Waals surface area contributed by atoms with E-state index in [1.165, 1.54) is 0 Å². The van der Waals surface area contributed by atoms with Crippen LogP contribution in [0.4, 0.5) is 0 Å². The third-order valence-electron chi connectivity index (χ3n) is 4.41. The van der Waals surface area contributed by atoms with Crippen LogP contribution in [0.1, 0.15) is 40.1 Å². The minimum atomic E-state index is -0.162. The second-order valence-electron chi connectivity index (χ2n) is 6.37. The average Bonchev–Trinajstić information content (AvgIpc) is 3.07. The monoisotopic (exact) mass is 349 g/mol. The van der Waals surface area contributed by atoms with Crippen LogP contribution < -0.4 is 10.1 Å². The van der Waals surface area contributed by atoms with Gasteiger partial charge in [0.25, 0.3) is 5.91 Å². The van der Waals surface area contributed by atoms with Gasteiger partial charge in [-0.25, -0.2) is 4.68 Å². The minimum Gasteiger partial charge on any atom is -0.496 e. The highest BCUT2D eigenvalue weighted by molar-refractivity contribution is 5.94. The number of nitrogens with one attached hydrogen (secondary N) is 1. The molecule has 0 unspecified atom stereocenters. The van der Waals surface area contributed by atoms with Gasteiger partial charge in [0.1, 0.15) is 5.75 Å².